The molecule has 0 aromatic heterocycles. The molecule has 0 fully saturated rings. The summed E-state index contributed by atoms with van der Waals surface area (Å²) in [4.78, 5) is 11.1. The number of halogens is 1. The summed E-state index contributed by atoms with van der Waals surface area (Å²) in [5.74, 6) is -0.194. The minimum absolute atomic E-state index is 0.280. The Kier molecular flexibility index (Phi) is 3.86. The van der Waals surface area contributed by atoms with Crippen molar-refractivity contribution < 1.29 is 14.6 Å². The van der Waals surface area contributed by atoms with Gasteiger partial charge in [0.2, 0.25) is 0 Å². The Morgan fingerprint density at radius 3 is 2.61 bits per heavy atom. The van der Waals surface area contributed by atoms with Gasteiger partial charge in [-0.05, 0) is 52.4 Å². The van der Waals surface area contributed by atoms with Crippen LogP contribution in [0.2, 0.25) is 0 Å². The Hall–Kier alpha value is -1.56. The number of carbonyl (C=O) groups is 1. The third kappa shape index (κ3) is 2.64. The third-order valence-electron chi connectivity index (χ3n) is 2.56. The predicted octanol–water partition coefficient (Wildman–Crippen LogP) is 3.67. The molecule has 0 bridgehead atoms. The quantitative estimate of drug-likeness (QED) is 0.856. The van der Waals surface area contributed by atoms with Crippen LogP contribution in [-0.4, -0.2) is 18.2 Å². The molecule has 0 saturated carbocycles. The van der Waals surface area contributed by atoms with Crippen LogP contribution < -0.4 is 4.74 Å². The summed E-state index contributed by atoms with van der Waals surface area (Å²) in [5, 5.41) is 9.07. The average molecular weight is 354 g/mol. The molecule has 0 heterocycles. The molecule has 0 amide bonds. The van der Waals surface area contributed by atoms with Gasteiger partial charge in [0.05, 0.1) is 12.7 Å². The zero-order valence-electron chi connectivity index (χ0n) is 9.68. The molecule has 2 aromatic carbocycles. The number of hydrogen-bond donors (Lipinski definition) is 1. The number of aromatic carboxylic acids is 1. The van der Waals surface area contributed by atoms with Gasteiger partial charge in [-0.15, -0.1) is 0 Å². The van der Waals surface area contributed by atoms with Crippen molar-refractivity contribution in [2.75, 3.05) is 7.11 Å². The number of rotatable bonds is 3. The fourth-order valence-corrected chi connectivity index (χ4v) is 2.42. The van der Waals surface area contributed by atoms with Gasteiger partial charge >= 0.3 is 5.97 Å². The van der Waals surface area contributed by atoms with Crippen LogP contribution in [0.25, 0.3) is 11.1 Å². The smallest absolute Gasteiger partial charge is 0.335 e. The van der Waals surface area contributed by atoms with E-state index in [0.717, 1.165) is 20.4 Å². The van der Waals surface area contributed by atoms with Gasteiger partial charge in [-0.25, -0.2) is 4.79 Å². The summed E-state index contributed by atoms with van der Waals surface area (Å²) in [6, 6.07) is 12.8. The first-order valence-corrected chi connectivity index (χ1v) is 6.37. The zero-order chi connectivity index (χ0) is 13.1. The minimum Gasteiger partial charge on any atom is -0.496 e. The maximum Gasteiger partial charge on any atom is 0.335 e. The molecule has 0 aliphatic heterocycles. The van der Waals surface area contributed by atoms with Gasteiger partial charge < -0.3 is 9.84 Å². The van der Waals surface area contributed by atoms with Crippen LogP contribution >= 0.6 is 22.6 Å². The highest BCUT2D eigenvalue weighted by Gasteiger charge is 2.10. The highest BCUT2D eigenvalue weighted by Crippen LogP contribution is 2.31. The molecule has 0 radical (unpaired) electrons. The summed E-state index contributed by atoms with van der Waals surface area (Å²) >= 11 is 2.11. The average Bonchev–Trinajstić information content (AvgIpc) is 2.38. The number of methoxy groups -OCH3 is 1. The first kappa shape index (κ1) is 12.9. The van der Waals surface area contributed by atoms with Crippen LogP contribution in [0.3, 0.4) is 0 Å². The Labute approximate surface area is 119 Å². The molecule has 2 aromatic rings. The van der Waals surface area contributed by atoms with Crippen molar-refractivity contribution in [1.29, 1.82) is 0 Å². The van der Waals surface area contributed by atoms with Gasteiger partial charge in [-0.3, -0.25) is 0 Å². The van der Waals surface area contributed by atoms with Crippen molar-refractivity contribution in [3.8, 4) is 16.9 Å². The monoisotopic (exact) mass is 354 g/mol. The summed E-state index contributed by atoms with van der Waals surface area (Å²) in [7, 11) is 1.60. The lowest BCUT2D eigenvalue weighted by Gasteiger charge is -2.09. The molecule has 1 N–H and O–H groups in total. The molecule has 92 valence electrons. The molecule has 18 heavy (non-hydrogen) atoms. The van der Waals surface area contributed by atoms with E-state index in [0.29, 0.717) is 0 Å². The zero-order valence-corrected chi connectivity index (χ0v) is 11.8. The van der Waals surface area contributed by atoms with Crippen molar-refractivity contribution in [1.82, 2.24) is 0 Å². The van der Waals surface area contributed by atoms with Crippen LogP contribution in [0.1, 0.15) is 10.4 Å². The van der Waals surface area contributed by atoms with Crippen LogP contribution in [-0.2, 0) is 0 Å². The van der Waals surface area contributed by atoms with Gasteiger partial charge in [0.15, 0.2) is 0 Å². The highest BCUT2D eigenvalue weighted by atomic mass is 127. The molecule has 0 saturated heterocycles. The molecular weight excluding hydrogens is 343 g/mol. The maximum absolute atomic E-state index is 11.1. The number of benzene rings is 2. The molecule has 0 spiro atoms. The van der Waals surface area contributed by atoms with Crippen LogP contribution in [0, 0.1) is 3.57 Å². The fourth-order valence-electron chi connectivity index (χ4n) is 1.75. The van der Waals surface area contributed by atoms with Crippen LogP contribution in [0.5, 0.6) is 5.75 Å². The van der Waals surface area contributed by atoms with E-state index in [-0.39, 0.29) is 5.56 Å². The van der Waals surface area contributed by atoms with E-state index in [2.05, 4.69) is 22.6 Å². The Morgan fingerprint density at radius 2 is 1.94 bits per heavy atom. The second kappa shape index (κ2) is 5.39. The van der Waals surface area contributed by atoms with E-state index in [9.17, 15) is 4.79 Å². The van der Waals surface area contributed by atoms with E-state index in [1.807, 2.05) is 30.3 Å². The fraction of sp³-hybridized carbons (Fsp3) is 0.0714. The number of hydrogen-bond acceptors (Lipinski definition) is 2. The molecule has 0 atom stereocenters. The Balaban J connectivity index is 2.60. The number of ether oxygens (including phenoxy) is 1. The largest absolute Gasteiger partial charge is 0.496 e. The van der Waals surface area contributed by atoms with E-state index in [1.54, 1.807) is 19.2 Å². The first-order chi connectivity index (χ1) is 8.61. The van der Waals surface area contributed by atoms with E-state index >= 15 is 0 Å². The molecule has 2 rings (SSSR count). The lowest BCUT2D eigenvalue weighted by atomic mass is 10.0. The summed E-state index contributed by atoms with van der Waals surface area (Å²) in [6.07, 6.45) is 0. The third-order valence-corrected chi connectivity index (χ3v) is 3.19. The maximum atomic E-state index is 11.1. The number of carboxylic acid groups (broad SMARTS) is 1. The van der Waals surface area contributed by atoms with Crippen molar-refractivity contribution >= 4 is 28.6 Å². The van der Waals surface area contributed by atoms with Gasteiger partial charge in [0, 0.05) is 9.13 Å². The minimum atomic E-state index is -0.926. The van der Waals surface area contributed by atoms with E-state index < -0.39 is 5.97 Å². The first-order valence-electron chi connectivity index (χ1n) is 5.29. The Morgan fingerprint density at radius 1 is 1.22 bits per heavy atom. The van der Waals surface area contributed by atoms with Crippen LogP contribution in [0.15, 0.2) is 42.5 Å². The van der Waals surface area contributed by atoms with Gasteiger partial charge in [-0.1, -0.05) is 18.2 Å². The van der Waals surface area contributed by atoms with E-state index in [1.165, 1.54) is 0 Å². The van der Waals surface area contributed by atoms with Gasteiger partial charge in [0.1, 0.15) is 5.75 Å². The number of carboxylic acids is 1. The lowest BCUT2D eigenvalue weighted by molar-refractivity contribution is 0.0697. The van der Waals surface area contributed by atoms with Crippen molar-refractivity contribution in [2.24, 2.45) is 0 Å². The molecule has 0 unspecified atom stereocenters. The van der Waals surface area contributed by atoms with Crippen molar-refractivity contribution in [3.05, 3.63) is 51.6 Å². The Bertz CT molecular complexity index is 593. The van der Waals surface area contributed by atoms with Crippen molar-refractivity contribution in [3.63, 3.8) is 0 Å². The highest BCUT2D eigenvalue weighted by molar-refractivity contribution is 14.1. The second-order valence-electron chi connectivity index (χ2n) is 3.73. The lowest BCUT2D eigenvalue weighted by Crippen LogP contribution is -1.97. The summed E-state index contributed by atoms with van der Waals surface area (Å²) in [5.41, 5.74) is 2.01. The van der Waals surface area contributed by atoms with Gasteiger partial charge in [0.25, 0.3) is 0 Å². The summed E-state index contributed by atoms with van der Waals surface area (Å²) < 4.78 is 6.17. The molecule has 4 heteroatoms. The molecule has 0 aliphatic rings. The normalized spacial score (nSPS) is 10.1. The summed E-state index contributed by atoms with van der Waals surface area (Å²) in [6.45, 7) is 0. The van der Waals surface area contributed by atoms with E-state index in [4.69, 9.17) is 9.84 Å². The standard InChI is InChI=1S/C14H11IO3/c1-18-13-5-3-2-4-12(13)9-6-10(14(16)17)8-11(15)7-9/h2-8H,1H3,(H,16,17). The predicted molar refractivity (Wildman–Crippen MR) is 78.1 cm³/mol. The van der Waals surface area contributed by atoms with Crippen LogP contribution in [0.4, 0.5) is 0 Å². The molecule has 3 nitrogen and oxygen atoms in total. The van der Waals surface area contributed by atoms with Gasteiger partial charge in [-0.2, -0.15) is 0 Å². The SMILES string of the molecule is COc1ccccc1-c1cc(I)cc(C(=O)O)c1. The topological polar surface area (TPSA) is 46.5 Å². The molecular formula is C14H11IO3. The second-order valence-corrected chi connectivity index (χ2v) is 4.98. The molecule has 0 aliphatic carbocycles. The number of para-hydroxylation sites is 1. The van der Waals surface area contributed by atoms with Crippen molar-refractivity contribution in [2.45, 2.75) is 0 Å².